The Bertz CT molecular complexity index is 1160. The third kappa shape index (κ3) is 6.65. The average molecular weight is 592 g/mol. The van der Waals surface area contributed by atoms with Crippen molar-refractivity contribution < 1.29 is 27.6 Å². The number of alkyl halides is 5. The Hall–Kier alpha value is -1.91. The number of anilines is 1. The predicted molar refractivity (Wildman–Crippen MR) is 129 cm³/mol. The van der Waals surface area contributed by atoms with Crippen molar-refractivity contribution in [3.63, 3.8) is 0 Å². The van der Waals surface area contributed by atoms with Crippen LogP contribution >= 0.6 is 58.0 Å². The van der Waals surface area contributed by atoms with E-state index < -0.39 is 46.6 Å². The van der Waals surface area contributed by atoms with Gasteiger partial charge in [0.25, 0.3) is 5.91 Å². The van der Waals surface area contributed by atoms with E-state index in [1.807, 2.05) is 0 Å². The number of rotatable bonds is 7. The van der Waals surface area contributed by atoms with Gasteiger partial charge in [0.05, 0.1) is 16.5 Å². The number of halogens is 8. The molecule has 0 saturated heterocycles. The second kappa shape index (κ2) is 10.6. The Morgan fingerprint density at radius 1 is 0.914 bits per heavy atom. The van der Waals surface area contributed by atoms with Gasteiger partial charge < -0.3 is 16.0 Å². The highest BCUT2D eigenvalue weighted by Gasteiger charge is 2.67. The Labute approximate surface area is 222 Å². The smallest absolute Gasteiger partial charge is 0.350 e. The first-order valence-electron chi connectivity index (χ1n) is 9.79. The highest BCUT2D eigenvalue weighted by Crippen LogP contribution is 2.65. The summed E-state index contributed by atoms with van der Waals surface area (Å²) in [6.07, 6.45) is -5.02. The lowest BCUT2D eigenvalue weighted by atomic mass is 10.1. The minimum atomic E-state index is -5.02. The third-order valence-corrected chi connectivity index (χ3v) is 6.72. The summed E-state index contributed by atoms with van der Waals surface area (Å²) in [6, 6.07) is 8.81. The fraction of sp³-hybridized carbons (Fsp3) is 0.286. The molecule has 2 aromatic rings. The van der Waals surface area contributed by atoms with E-state index in [9.17, 15) is 27.6 Å². The monoisotopic (exact) mass is 589 g/mol. The maximum Gasteiger partial charge on any atom is 0.471 e. The minimum absolute atomic E-state index is 0.0294. The lowest BCUT2D eigenvalue weighted by Crippen LogP contribution is -2.41. The van der Waals surface area contributed by atoms with E-state index in [2.05, 4.69) is 10.6 Å². The number of benzene rings is 2. The van der Waals surface area contributed by atoms with E-state index in [0.29, 0.717) is 15.6 Å². The first-order chi connectivity index (χ1) is 16.2. The van der Waals surface area contributed by atoms with Crippen LogP contribution in [-0.2, 0) is 9.59 Å². The van der Waals surface area contributed by atoms with Crippen LogP contribution in [0.5, 0.6) is 0 Å². The molecule has 0 bridgehead atoms. The van der Waals surface area contributed by atoms with Crippen molar-refractivity contribution >= 4 is 81.4 Å². The summed E-state index contributed by atoms with van der Waals surface area (Å²) < 4.78 is 35.2. The van der Waals surface area contributed by atoms with Gasteiger partial charge in [0.15, 0.2) is 0 Å². The maximum atomic E-state index is 12.9. The van der Waals surface area contributed by atoms with Gasteiger partial charge in [-0.3, -0.25) is 14.4 Å². The van der Waals surface area contributed by atoms with E-state index in [0.717, 1.165) is 0 Å². The normalized spacial score (nSPS) is 18.5. The van der Waals surface area contributed by atoms with E-state index in [-0.39, 0.29) is 22.8 Å². The van der Waals surface area contributed by atoms with Crippen molar-refractivity contribution in [1.29, 1.82) is 0 Å². The van der Waals surface area contributed by atoms with Gasteiger partial charge in [0.2, 0.25) is 5.91 Å². The van der Waals surface area contributed by atoms with E-state index in [1.165, 1.54) is 24.3 Å². The van der Waals surface area contributed by atoms with Gasteiger partial charge >= 0.3 is 12.1 Å². The molecule has 3 amide bonds. The van der Waals surface area contributed by atoms with Crippen LogP contribution in [0.3, 0.4) is 0 Å². The molecule has 0 radical (unpaired) electrons. The number of amides is 3. The molecule has 14 heteroatoms. The Balaban J connectivity index is 1.64. The molecule has 35 heavy (non-hydrogen) atoms. The fourth-order valence-corrected chi connectivity index (χ4v) is 4.94. The summed E-state index contributed by atoms with van der Waals surface area (Å²) in [6.45, 7) is -0.747. The van der Waals surface area contributed by atoms with Crippen LogP contribution in [-0.4, -0.2) is 41.3 Å². The highest BCUT2D eigenvalue weighted by molar-refractivity contribution is 6.53. The molecule has 1 aliphatic rings. The highest BCUT2D eigenvalue weighted by atomic mass is 35.5. The van der Waals surface area contributed by atoms with Crippen LogP contribution in [0.25, 0.3) is 0 Å². The van der Waals surface area contributed by atoms with Crippen LogP contribution in [0.4, 0.5) is 18.9 Å². The van der Waals surface area contributed by atoms with Crippen molar-refractivity contribution in [2.24, 2.45) is 5.92 Å². The zero-order chi connectivity index (χ0) is 26.1. The molecule has 6 nitrogen and oxygen atoms in total. The molecule has 2 aromatic carbocycles. The number of carbonyl (C=O) groups is 3. The van der Waals surface area contributed by atoms with Gasteiger partial charge in [0.1, 0.15) is 4.33 Å². The zero-order valence-corrected chi connectivity index (χ0v) is 21.1. The van der Waals surface area contributed by atoms with E-state index >= 15 is 0 Å². The Kier molecular flexibility index (Phi) is 8.38. The molecular formula is C21H15Cl5F3N3O3. The number of hydrogen-bond donors (Lipinski definition) is 3. The van der Waals surface area contributed by atoms with Crippen LogP contribution < -0.4 is 16.0 Å². The summed E-state index contributed by atoms with van der Waals surface area (Å²) in [5.74, 6) is -4.80. The largest absolute Gasteiger partial charge is 0.471 e. The minimum Gasteiger partial charge on any atom is -0.350 e. The van der Waals surface area contributed by atoms with Crippen molar-refractivity contribution in [3.8, 4) is 0 Å². The van der Waals surface area contributed by atoms with Crippen LogP contribution in [0, 0.1) is 5.92 Å². The Morgan fingerprint density at radius 3 is 2.11 bits per heavy atom. The molecule has 2 unspecified atom stereocenters. The summed E-state index contributed by atoms with van der Waals surface area (Å²) >= 11 is 30.8. The second-order valence-corrected chi connectivity index (χ2v) is 10.3. The number of carbonyl (C=O) groups excluding carboxylic acids is 3. The molecule has 3 N–H and O–H groups in total. The van der Waals surface area contributed by atoms with Gasteiger partial charge in [-0.15, -0.1) is 23.2 Å². The van der Waals surface area contributed by atoms with Gasteiger partial charge in [-0.2, -0.15) is 13.2 Å². The Morgan fingerprint density at radius 2 is 1.51 bits per heavy atom. The summed E-state index contributed by atoms with van der Waals surface area (Å²) in [5.41, 5.74) is 0.735. The van der Waals surface area contributed by atoms with Gasteiger partial charge in [-0.1, -0.05) is 34.8 Å². The van der Waals surface area contributed by atoms with Crippen molar-refractivity contribution in [2.75, 3.05) is 18.4 Å². The van der Waals surface area contributed by atoms with E-state index in [1.54, 1.807) is 17.4 Å². The molecule has 0 aromatic heterocycles. The third-order valence-electron chi connectivity index (χ3n) is 5.01. The number of hydrogen-bond acceptors (Lipinski definition) is 3. The van der Waals surface area contributed by atoms with Crippen molar-refractivity contribution in [2.45, 2.75) is 16.4 Å². The predicted octanol–water partition coefficient (Wildman–Crippen LogP) is 5.58. The van der Waals surface area contributed by atoms with Crippen LogP contribution in [0.15, 0.2) is 36.4 Å². The van der Waals surface area contributed by atoms with Crippen molar-refractivity contribution in [1.82, 2.24) is 10.6 Å². The van der Waals surface area contributed by atoms with Gasteiger partial charge in [-0.05, 0) is 42.0 Å². The molecule has 0 aliphatic heterocycles. The van der Waals surface area contributed by atoms with Crippen LogP contribution in [0.1, 0.15) is 21.8 Å². The molecule has 0 spiro atoms. The van der Waals surface area contributed by atoms with Gasteiger partial charge in [0, 0.05) is 34.7 Å². The summed E-state index contributed by atoms with van der Waals surface area (Å²) in [7, 11) is 0. The molecule has 3 rings (SSSR count). The second-order valence-electron chi connectivity index (χ2n) is 7.53. The fourth-order valence-electron chi connectivity index (χ4n) is 3.37. The number of nitrogens with one attached hydrogen (secondary N) is 3. The van der Waals surface area contributed by atoms with Crippen LogP contribution in [0.2, 0.25) is 15.1 Å². The lowest BCUT2D eigenvalue weighted by molar-refractivity contribution is -0.173. The van der Waals surface area contributed by atoms with Crippen molar-refractivity contribution in [3.05, 3.63) is 62.6 Å². The standard InChI is InChI=1S/C21H15Cl5F3N3O3/c22-10-5-9(6-11(23)7-10)15-16(20(15,25)26)18(34)32-12-1-2-14(24)13(8-12)17(33)30-3-4-31-19(35)21(27,28)29/h1-2,5-8,15-16H,3-4H2,(H,30,33)(H,31,35)(H,32,34). The SMILES string of the molecule is O=C(NCCNC(=O)C(F)(F)F)c1cc(NC(=O)C2C(c3cc(Cl)cc(Cl)c3)C2(Cl)Cl)ccc1Cl. The molecule has 1 fully saturated rings. The molecule has 0 heterocycles. The topological polar surface area (TPSA) is 87.3 Å². The summed E-state index contributed by atoms with van der Waals surface area (Å²) in [4.78, 5) is 36.0. The molecule has 2 atom stereocenters. The molecule has 1 aliphatic carbocycles. The zero-order valence-electron chi connectivity index (χ0n) is 17.3. The first-order valence-corrected chi connectivity index (χ1v) is 11.7. The average Bonchev–Trinajstić information content (AvgIpc) is 3.33. The van der Waals surface area contributed by atoms with E-state index in [4.69, 9.17) is 58.0 Å². The maximum absolute atomic E-state index is 12.9. The summed E-state index contributed by atoms with van der Waals surface area (Å²) in [5, 5.41) is 7.31. The van der Waals surface area contributed by atoms with Gasteiger partial charge in [-0.25, -0.2) is 0 Å². The first kappa shape index (κ1) is 27.7. The quantitative estimate of drug-likeness (QED) is 0.290. The molecule has 188 valence electrons. The molecular weight excluding hydrogens is 577 g/mol. The molecule has 1 saturated carbocycles. The lowest BCUT2D eigenvalue weighted by Gasteiger charge is -2.11.